The number of nitrogens with one attached hydrogen (secondary N) is 1. The van der Waals surface area contributed by atoms with Crippen LogP contribution < -0.4 is 14.8 Å². The molecule has 0 amide bonds. The van der Waals surface area contributed by atoms with Gasteiger partial charge in [-0.2, -0.15) is 0 Å². The highest BCUT2D eigenvalue weighted by Crippen LogP contribution is 2.32. The van der Waals surface area contributed by atoms with Crippen molar-refractivity contribution in [2.45, 2.75) is 58.0 Å². The molecule has 0 bridgehead atoms. The Morgan fingerprint density at radius 3 is 2.48 bits per heavy atom. The maximum atomic E-state index is 5.43. The molecular formula is C18H29NO2. The Kier molecular flexibility index (Phi) is 5.92. The summed E-state index contributed by atoms with van der Waals surface area (Å²) >= 11 is 0. The van der Waals surface area contributed by atoms with E-state index in [1.54, 1.807) is 14.2 Å². The normalized spacial score (nSPS) is 23.6. The second-order valence-corrected chi connectivity index (χ2v) is 6.11. The van der Waals surface area contributed by atoms with Crippen LogP contribution >= 0.6 is 0 Å². The molecule has 3 nitrogen and oxygen atoms in total. The first-order chi connectivity index (χ1) is 10.2. The van der Waals surface area contributed by atoms with Crippen LogP contribution in [0.1, 0.15) is 57.6 Å². The largest absolute Gasteiger partial charge is 0.493 e. The Morgan fingerprint density at radius 1 is 1.14 bits per heavy atom. The zero-order valence-electron chi connectivity index (χ0n) is 13.8. The molecule has 2 rings (SSSR count). The number of ether oxygens (including phenoxy) is 2. The van der Waals surface area contributed by atoms with Gasteiger partial charge in [0.15, 0.2) is 11.5 Å². The first-order valence-electron chi connectivity index (χ1n) is 8.17. The fourth-order valence-electron chi connectivity index (χ4n) is 3.34. The minimum atomic E-state index is 0.385. The molecule has 1 N–H and O–H groups in total. The summed E-state index contributed by atoms with van der Waals surface area (Å²) in [6.07, 6.45) is 6.46. The summed E-state index contributed by atoms with van der Waals surface area (Å²) in [6, 6.07) is 7.28. The van der Waals surface area contributed by atoms with Gasteiger partial charge in [0.2, 0.25) is 0 Å². The fourth-order valence-corrected chi connectivity index (χ4v) is 3.34. The number of methoxy groups -OCH3 is 2. The monoisotopic (exact) mass is 291 g/mol. The van der Waals surface area contributed by atoms with Crippen LogP contribution in [0.2, 0.25) is 0 Å². The fraction of sp³-hybridized carbons (Fsp3) is 0.667. The molecule has 1 fully saturated rings. The summed E-state index contributed by atoms with van der Waals surface area (Å²) in [5, 5.41) is 3.86. The van der Waals surface area contributed by atoms with Gasteiger partial charge >= 0.3 is 0 Å². The van der Waals surface area contributed by atoms with Gasteiger partial charge in [0.05, 0.1) is 14.2 Å². The third kappa shape index (κ3) is 3.91. The molecule has 0 spiro atoms. The molecule has 3 heteroatoms. The minimum absolute atomic E-state index is 0.385. The highest BCUT2D eigenvalue weighted by Gasteiger charge is 2.24. The molecule has 0 heterocycles. The number of hydrogen-bond donors (Lipinski definition) is 1. The van der Waals surface area contributed by atoms with E-state index in [0.29, 0.717) is 12.1 Å². The molecule has 1 aliphatic carbocycles. The van der Waals surface area contributed by atoms with Crippen molar-refractivity contribution in [1.29, 1.82) is 0 Å². The molecule has 3 atom stereocenters. The van der Waals surface area contributed by atoms with Crippen LogP contribution in [0, 0.1) is 5.92 Å². The predicted octanol–water partition coefficient (Wildman–Crippen LogP) is 4.32. The van der Waals surface area contributed by atoms with Crippen molar-refractivity contribution in [3.63, 3.8) is 0 Å². The van der Waals surface area contributed by atoms with Gasteiger partial charge < -0.3 is 14.8 Å². The molecule has 3 unspecified atom stereocenters. The molecule has 0 saturated heterocycles. The van der Waals surface area contributed by atoms with Crippen LogP contribution in [-0.2, 0) is 0 Å². The van der Waals surface area contributed by atoms with Crippen LogP contribution in [0.15, 0.2) is 18.2 Å². The molecule has 118 valence electrons. The van der Waals surface area contributed by atoms with Gasteiger partial charge in [-0.15, -0.1) is 0 Å². The van der Waals surface area contributed by atoms with E-state index in [1.807, 2.05) is 6.07 Å². The van der Waals surface area contributed by atoms with Crippen molar-refractivity contribution in [3.05, 3.63) is 23.8 Å². The molecule has 0 radical (unpaired) electrons. The van der Waals surface area contributed by atoms with Crippen LogP contribution in [0.5, 0.6) is 11.5 Å². The van der Waals surface area contributed by atoms with Crippen LogP contribution in [-0.4, -0.2) is 20.3 Å². The molecular weight excluding hydrogens is 262 g/mol. The van der Waals surface area contributed by atoms with Crippen molar-refractivity contribution in [3.8, 4) is 11.5 Å². The number of rotatable bonds is 6. The Bertz CT molecular complexity index is 447. The highest BCUT2D eigenvalue weighted by atomic mass is 16.5. The zero-order valence-corrected chi connectivity index (χ0v) is 13.8. The summed E-state index contributed by atoms with van der Waals surface area (Å²) in [5.41, 5.74) is 1.29. The van der Waals surface area contributed by atoms with Gasteiger partial charge in [-0.05, 0) is 42.9 Å². The summed E-state index contributed by atoms with van der Waals surface area (Å²) in [7, 11) is 3.37. The SMILES string of the molecule is CCC(NC1CCCCC1C)c1ccc(OC)c(OC)c1. The van der Waals surface area contributed by atoms with Gasteiger partial charge in [0, 0.05) is 12.1 Å². The van der Waals surface area contributed by atoms with E-state index in [9.17, 15) is 0 Å². The van der Waals surface area contributed by atoms with E-state index in [-0.39, 0.29) is 0 Å². The Morgan fingerprint density at radius 2 is 1.86 bits per heavy atom. The summed E-state index contributed by atoms with van der Waals surface area (Å²) in [4.78, 5) is 0. The molecule has 1 aliphatic rings. The molecule has 21 heavy (non-hydrogen) atoms. The van der Waals surface area contributed by atoms with Crippen LogP contribution in [0.25, 0.3) is 0 Å². The lowest BCUT2D eigenvalue weighted by Crippen LogP contribution is -2.39. The van der Waals surface area contributed by atoms with Gasteiger partial charge in [0.1, 0.15) is 0 Å². The van der Waals surface area contributed by atoms with Crippen molar-refractivity contribution < 1.29 is 9.47 Å². The minimum Gasteiger partial charge on any atom is -0.493 e. The summed E-state index contributed by atoms with van der Waals surface area (Å²) < 4.78 is 10.8. The van der Waals surface area contributed by atoms with Crippen LogP contribution in [0.3, 0.4) is 0 Å². The topological polar surface area (TPSA) is 30.5 Å². The lowest BCUT2D eigenvalue weighted by atomic mass is 9.85. The quantitative estimate of drug-likeness (QED) is 0.846. The molecule has 1 aromatic carbocycles. The van der Waals surface area contributed by atoms with Gasteiger partial charge in [0.25, 0.3) is 0 Å². The first-order valence-corrected chi connectivity index (χ1v) is 8.17. The molecule has 0 aromatic heterocycles. The lowest BCUT2D eigenvalue weighted by Gasteiger charge is -2.33. The predicted molar refractivity (Wildman–Crippen MR) is 87.1 cm³/mol. The van der Waals surface area contributed by atoms with E-state index in [4.69, 9.17) is 9.47 Å². The lowest BCUT2D eigenvalue weighted by molar-refractivity contribution is 0.256. The van der Waals surface area contributed by atoms with Gasteiger partial charge in [-0.1, -0.05) is 32.8 Å². The maximum absolute atomic E-state index is 5.43. The van der Waals surface area contributed by atoms with Crippen molar-refractivity contribution in [2.75, 3.05) is 14.2 Å². The van der Waals surface area contributed by atoms with E-state index in [0.717, 1.165) is 23.8 Å². The number of hydrogen-bond acceptors (Lipinski definition) is 3. The van der Waals surface area contributed by atoms with E-state index < -0.39 is 0 Å². The zero-order chi connectivity index (χ0) is 15.2. The molecule has 0 aliphatic heterocycles. The summed E-state index contributed by atoms with van der Waals surface area (Å²) in [6.45, 7) is 4.61. The van der Waals surface area contributed by atoms with Crippen molar-refractivity contribution in [2.24, 2.45) is 5.92 Å². The molecule has 1 aromatic rings. The Hall–Kier alpha value is -1.22. The number of benzene rings is 1. The van der Waals surface area contributed by atoms with E-state index >= 15 is 0 Å². The third-order valence-corrected chi connectivity index (χ3v) is 4.74. The highest BCUT2D eigenvalue weighted by molar-refractivity contribution is 5.43. The first kappa shape index (κ1) is 16.2. The standard InChI is InChI=1S/C18H29NO2/c1-5-15(19-16-9-7-6-8-13(16)2)14-10-11-17(20-3)18(12-14)21-4/h10-13,15-16,19H,5-9H2,1-4H3. The molecule has 1 saturated carbocycles. The second kappa shape index (κ2) is 7.69. The Labute approximate surface area is 129 Å². The van der Waals surface area contributed by atoms with E-state index in [1.165, 1.54) is 31.2 Å². The van der Waals surface area contributed by atoms with Crippen molar-refractivity contribution >= 4 is 0 Å². The average molecular weight is 291 g/mol. The average Bonchev–Trinajstić information content (AvgIpc) is 2.53. The second-order valence-electron chi connectivity index (χ2n) is 6.11. The van der Waals surface area contributed by atoms with Crippen molar-refractivity contribution in [1.82, 2.24) is 5.32 Å². The Balaban J connectivity index is 2.13. The summed E-state index contributed by atoms with van der Waals surface area (Å²) in [5.74, 6) is 2.38. The third-order valence-electron chi connectivity index (χ3n) is 4.74. The smallest absolute Gasteiger partial charge is 0.161 e. The van der Waals surface area contributed by atoms with Gasteiger partial charge in [-0.3, -0.25) is 0 Å². The van der Waals surface area contributed by atoms with E-state index in [2.05, 4.69) is 31.3 Å². The van der Waals surface area contributed by atoms with Gasteiger partial charge in [-0.25, -0.2) is 0 Å². The van der Waals surface area contributed by atoms with Crippen LogP contribution in [0.4, 0.5) is 0 Å². The maximum Gasteiger partial charge on any atom is 0.161 e.